The first-order valence-corrected chi connectivity index (χ1v) is 8.46. The molecule has 0 N–H and O–H groups in total. The minimum Gasteiger partial charge on any atom is -0.416 e. The van der Waals surface area contributed by atoms with Crippen LogP contribution < -0.4 is 0 Å². The van der Waals surface area contributed by atoms with Crippen LogP contribution in [0.4, 0.5) is 0 Å². The van der Waals surface area contributed by atoms with Gasteiger partial charge < -0.3 is 8.83 Å². The van der Waals surface area contributed by atoms with Crippen molar-refractivity contribution >= 4 is 0 Å². The third-order valence-corrected chi connectivity index (χ3v) is 4.09. The summed E-state index contributed by atoms with van der Waals surface area (Å²) in [5.74, 6) is 1.56. The van der Waals surface area contributed by atoms with Crippen LogP contribution in [0.5, 0.6) is 0 Å². The number of hydrogen-bond donors (Lipinski definition) is 0. The highest BCUT2D eigenvalue weighted by Crippen LogP contribution is 2.33. The third kappa shape index (κ3) is 2.92. The van der Waals surface area contributed by atoms with Crippen LogP contribution in [0.2, 0.25) is 0 Å². The largest absolute Gasteiger partial charge is 0.416 e. The molecule has 5 rings (SSSR count). The summed E-state index contributed by atoms with van der Waals surface area (Å²) >= 11 is 0. The summed E-state index contributed by atoms with van der Waals surface area (Å²) in [6, 6.07) is 14.7. The summed E-state index contributed by atoms with van der Waals surface area (Å²) in [7, 11) is 0. The van der Waals surface area contributed by atoms with Gasteiger partial charge in [-0.25, -0.2) is 0 Å². The van der Waals surface area contributed by atoms with Crippen molar-refractivity contribution in [1.82, 2.24) is 30.4 Å². The lowest BCUT2D eigenvalue weighted by molar-refractivity contribution is 0.577. The van der Waals surface area contributed by atoms with Crippen LogP contribution in [0.1, 0.15) is 0 Å². The summed E-state index contributed by atoms with van der Waals surface area (Å²) in [5.41, 5.74) is 3.01. The smallest absolute Gasteiger partial charge is 0.248 e. The Kier molecular flexibility index (Phi) is 3.91. The van der Waals surface area contributed by atoms with Gasteiger partial charge in [0.2, 0.25) is 23.6 Å². The van der Waals surface area contributed by atoms with Crippen LogP contribution in [0.3, 0.4) is 0 Å². The van der Waals surface area contributed by atoms with E-state index in [1.54, 1.807) is 24.8 Å². The second-order valence-electron chi connectivity index (χ2n) is 5.84. The Hall–Kier alpha value is -4.20. The van der Waals surface area contributed by atoms with Crippen LogP contribution in [-0.4, -0.2) is 30.4 Å². The molecule has 0 aliphatic carbocycles. The van der Waals surface area contributed by atoms with Crippen LogP contribution >= 0.6 is 0 Å². The van der Waals surface area contributed by atoms with Crippen molar-refractivity contribution in [3.63, 3.8) is 0 Å². The van der Waals surface area contributed by atoms with E-state index in [-0.39, 0.29) is 0 Å². The summed E-state index contributed by atoms with van der Waals surface area (Å²) in [6.07, 6.45) is 6.69. The highest BCUT2D eigenvalue weighted by Gasteiger charge is 2.18. The van der Waals surface area contributed by atoms with E-state index in [1.807, 2.05) is 48.5 Å². The van der Waals surface area contributed by atoms with Crippen molar-refractivity contribution in [2.75, 3.05) is 0 Å². The van der Waals surface area contributed by atoms with Crippen molar-refractivity contribution < 1.29 is 8.83 Å². The van der Waals surface area contributed by atoms with E-state index in [4.69, 9.17) is 8.83 Å². The molecule has 0 atom stereocenters. The Morgan fingerprint density at radius 3 is 1.29 bits per heavy atom. The van der Waals surface area contributed by atoms with Crippen molar-refractivity contribution in [1.29, 1.82) is 0 Å². The molecule has 4 aromatic heterocycles. The molecular weight excluding hydrogens is 356 g/mol. The Balaban J connectivity index is 1.54. The van der Waals surface area contributed by atoms with E-state index in [1.165, 1.54) is 0 Å². The highest BCUT2D eigenvalue weighted by atomic mass is 16.4. The molecule has 0 bridgehead atoms. The molecule has 0 saturated carbocycles. The van der Waals surface area contributed by atoms with Gasteiger partial charge in [0.25, 0.3) is 0 Å². The van der Waals surface area contributed by atoms with E-state index in [2.05, 4.69) is 30.4 Å². The average molecular weight is 368 g/mol. The number of benzene rings is 1. The molecule has 0 unspecified atom stereocenters. The minimum absolute atomic E-state index is 0.367. The summed E-state index contributed by atoms with van der Waals surface area (Å²) < 4.78 is 11.7. The third-order valence-electron chi connectivity index (χ3n) is 4.09. The Morgan fingerprint density at radius 1 is 0.464 bits per heavy atom. The summed E-state index contributed by atoms with van der Waals surface area (Å²) in [4.78, 5) is 7.99. The molecule has 28 heavy (non-hydrogen) atoms. The van der Waals surface area contributed by atoms with Crippen LogP contribution in [0, 0.1) is 0 Å². The van der Waals surface area contributed by atoms with E-state index in [9.17, 15) is 0 Å². The minimum atomic E-state index is 0.367. The number of rotatable bonds is 4. The van der Waals surface area contributed by atoms with E-state index in [0.717, 1.165) is 11.1 Å². The Morgan fingerprint density at radius 2 is 0.857 bits per heavy atom. The molecule has 1 aromatic carbocycles. The van der Waals surface area contributed by atoms with Crippen LogP contribution in [0.15, 0.2) is 82.2 Å². The van der Waals surface area contributed by atoms with Gasteiger partial charge in [-0.05, 0) is 36.4 Å². The van der Waals surface area contributed by atoms with Gasteiger partial charge in [0.15, 0.2) is 0 Å². The number of pyridine rings is 2. The normalized spacial score (nSPS) is 10.9. The first-order chi connectivity index (χ1) is 13.9. The first kappa shape index (κ1) is 16.0. The zero-order chi connectivity index (χ0) is 18.8. The number of nitrogens with zero attached hydrogens (tertiary/aromatic N) is 6. The predicted molar refractivity (Wildman–Crippen MR) is 99.5 cm³/mol. The monoisotopic (exact) mass is 368 g/mol. The molecule has 8 heteroatoms. The van der Waals surface area contributed by atoms with Crippen molar-refractivity contribution in [2.24, 2.45) is 0 Å². The van der Waals surface area contributed by atoms with Gasteiger partial charge in [0, 0.05) is 35.9 Å². The molecule has 0 amide bonds. The zero-order valence-electron chi connectivity index (χ0n) is 14.4. The lowest BCUT2D eigenvalue weighted by Crippen LogP contribution is -1.85. The quantitative estimate of drug-likeness (QED) is 0.470. The molecule has 5 aromatic rings. The Labute approximate surface area is 159 Å². The lowest BCUT2D eigenvalue weighted by atomic mass is 10.1. The molecule has 4 heterocycles. The fraction of sp³-hybridized carbons (Fsp3) is 0. The molecule has 134 valence electrons. The zero-order valence-corrected chi connectivity index (χ0v) is 14.4. The fourth-order valence-corrected chi connectivity index (χ4v) is 2.74. The number of aromatic nitrogens is 6. The molecule has 0 aliphatic rings. The fourth-order valence-electron chi connectivity index (χ4n) is 2.74. The molecular formula is C20H12N6O2. The van der Waals surface area contributed by atoms with Crippen molar-refractivity contribution in [3.8, 4) is 45.8 Å². The number of hydrogen-bond acceptors (Lipinski definition) is 8. The van der Waals surface area contributed by atoms with Crippen molar-refractivity contribution in [2.45, 2.75) is 0 Å². The van der Waals surface area contributed by atoms with E-state index < -0.39 is 0 Å². The second kappa shape index (κ2) is 6.84. The molecule has 0 saturated heterocycles. The molecule has 0 aliphatic heterocycles. The van der Waals surface area contributed by atoms with Gasteiger partial charge in [0.05, 0.1) is 11.1 Å². The highest BCUT2D eigenvalue weighted by molar-refractivity contribution is 5.76. The van der Waals surface area contributed by atoms with Crippen LogP contribution in [0.25, 0.3) is 45.8 Å². The van der Waals surface area contributed by atoms with Crippen molar-refractivity contribution in [3.05, 3.63) is 73.3 Å². The maximum atomic E-state index is 5.86. The van der Waals surface area contributed by atoms with Gasteiger partial charge in [-0.2, -0.15) is 0 Å². The van der Waals surface area contributed by atoms with E-state index in [0.29, 0.717) is 34.7 Å². The predicted octanol–water partition coefficient (Wildman–Crippen LogP) is 3.91. The van der Waals surface area contributed by atoms with Gasteiger partial charge in [0.1, 0.15) is 0 Å². The molecule has 0 fully saturated rings. The van der Waals surface area contributed by atoms with Gasteiger partial charge in [-0.3, -0.25) is 9.97 Å². The van der Waals surface area contributed by atoms with Gasteiger partial charge in [-0.1, -0.05) is 12.1 Å². The SMILES string of the molecule is c1ccc(-c2nnc(-c3ccncc3)o2)c(-c2nnc(-c3ccncc3)o2)c1. The standard InChI is InChI=1S/C20H12N6O2/c1-2-4-16(20-26-24-18(28-20)14-7-11-22-12-8-14)15(3-1)19-25-23-17(27-19)13-5-9-21-10-6-13/h1-12H. The van der Waals surface area contributed by atoms with Crippen LogP contribution in [-0.2, 0) is 0 Å². The second-order valence-corrected chi connectivity index (χ2v) is 5.84. The molecule has 0 radical (unpaired) electrons. The maximum absolute atomic E-state index is 5.86. The Bertz CT molecular complexity index is 1120. The topological polar surface area (TPSA) is 104 Å². The lowest BCUT2D eigenvalue weighted by Gasteiger charge is -2.01. The first-order valence-electron chi connectivity index (χ1n) is 8.46. The molecule has 8 nitrogen and oxygen atoms in total. The summed E-state index contributed by atoms with van der Waals surface area (Å²) in [5, 5.41) is 16.6. The average Bonchev–Trinajstić information content (AvgIpc) is 3.45. The molecule has 0 spiro atoms. The maximum Gasteiger partial charge on any atom is 0.248 e. The summed E-state index contributed by atoms with van der Waals surface area (Å²) in [6.45, 7) is 0. The van der Waals surface area contributed by atoms with E-state index >= 15 is 0 Å². The van der Waals surface area contributed by atoms with Gasteiger partial charge in [-0.15, -0.1) is 20.4 Å². The van der Waals surface area contributed by atoms with Gasteiger partial charge >= 0.3 is 0 Å².